The van der Waals surface area contributed by atoms with Gasteiger partial charge in [0.15, 0.2) is 0 Å². The second-order valence-electron chi connectivity index (χ2n) is 7.34. The fourth-order valence-corrected chi connectivity index (χ4v) is 4.83. The van der Waals surface area contributed by atoms with Gasteiger partial charge < -0.3 is 10.6 Å². The molecule has 1 fully saturated rings. The molecule has 160 valence electrons. The highest BCUT2D eigenvalue weighted by Gasteiger charge is 2.33. The van der Waals surface area contributed by atoms with E-state index < -0.39 is 15.9 Å². The Morgan fingerprint density at radius 3 is 1.93 bits per heavy atom. The predicted octanol–water partition coefficient (Wildman–Crippen LogP) is 2.62. The summed E-state index contributed by atoms with van der Waals surface area (Å²) in [7, 11) is -3.56. The number of nitrogens with zero attached hydrogens (tertiary/aromatic N) is 2. The molecule has 0 atom stereocenters. The quantitative estimate of drug-likeness (QED) is 0.662. The van der Waals surface area contributed by atoms with Crippen LogP contribution in [0.15, 0.2) is 53.4 Å². The lowest BCUT2D eigenvalue weighted by Crippen LogP contribution is -2.33. The zero-order chi connectivity index (χ0) is 21.9. The second kappa shape index (κ2) is 8.97. The van der Waals surface area contributed by atoms with Crippen LogP contribution in [0, 0.1) is 0 Å². The predicted molar refractivity (Wildman–Crippen MR) is 114 cm³/mol. The zero-order valence-corrected chi connectivity index (χ0v) is 18.1. The molecule has 0 bridgehead atoms. The largest absolute Gasteiger partial charge is 0.366 e. The van der Waals surface area contributed by atoms with Crippen molar-refractivity contribution in [3.63, 3.8) is 0 Å². The van der Waals surface area contributed by atoms with Crippen LogP contribution in [0.3, 0.4) is 0 Å². The van der Waals surface area contributed by atoms with Crippen LogP contribution in [0.25, 0.3) is 0 Å². The first-order chi connectivity index (χ1) is 14.3. The van der Waals surface area contributed by atoms with Gasteiger partial charge in [-0.2, -0.15) is 4.31 Å². The van der Waals surface area contributed by atoms with E-state index in [1.54, 1.807) is 55.1 Å². The number of hydrogen-bond donors (Lipinski definition) is 1. The van der Waals surface area contributed by atoms with E-state index in [1.807, 2.05) is 0 Å². The van der Waals surface area contributed by atoms with Gasteiger partial charge in [-0.05, 0) is 54.8 Å². The number of amides is 2. The number of carbonyl (C=O) groups excluding carboxylic acids is 2. The summed E-state index contributed by atoms with van der Waals surface area (Å²) in [6.07, 6.45) is 1.89. The highest BCUT2D eigenvalue weighted by molar-refractivity contribution is 7.89. The number of nitrogens with two attached hydrogens (primary N) is 1. The van der Waals surface area contributed by atoms with Crippen molar-refractivity contribution >= 4 is 21.8 Å². The van der Waals surface area contributed by atoms with Crippen molar-refractivity contribution in [2.24, 2.45) is 5.73 Å². The monoisotopic (exact) mass is 429 g/mol. The summed E-state index contributed by atoms with van der Waals surface area (Å²) in [5.74, 6) is -0.625. The molecule has 30 heavy (non-hydrogen) atoms. The molecule has 0 spiro atoms. The van der Waals surface area contributed by atoms with Crippen molar-refractivity contribution in [2.75, 3.05) is 13.1 Å². The van der Waals surface area contributed by atoms with Crippen LogP contribution in [0.1, 0.15) is 53.0 Å². The topological polar surface area (TPSA) is 101 Å². The van der Waals surface area contributed by atoms with Gasteiger partial charge in [0.2, 0.25) is 15.9 Å². The minimum atomic E-state index is -3.56. The van der Waals surface area contributed by atoms with Gasteiger partial charge in [-0.3, -0.25) is 9.59 Å². The summed E-state index contributed by atoms with van der Waals surface area (Å²) in [6.45, 7) is 4.79. The smallest absolute Gasteiger partial charge is 0.254 e. The third-order valence-corrected chi connectivity index (χ3v) is 7.35. The van der Waals surface area contributed by atoms with Gasteiger partial charge in [0, 0.05) is 36.8 Å². The molecular weight excluding hydrogens is 402 g/mol. The van der Waals surface area contributed by atoms with E-state index >= 15 is 0 Å². The summed E-state index contributed by atoms with van der Waals surface area (Å²) in [5, 5.41) is 0. The number of primary amides is 1. The zero-order valence-electron chi connectivity index (χ0n) is 17.2. The molecule has 0 saturated heterocycles. The van der Waals surface area contributed by atoms with Crippen molar-refractivity contribution in [3.05, 3.63) is 65.2 Å². The average molecular weight is 430 g/mol. The Balaban J connectivity index is 1.78. The van der Waals surface area contributed by atoms with E-state index in [0.717, 1.165) is 18.4 Å². The molecule has 0 unspecified atom stereocenters. The van der Waals surface area contributed by atoms with Crippen LogP contribution in [0.2, 0.25) is 0 Å². The van der Waals surface area contributed by atoms with Crippen LogP contribution in [-0.4, -0.2) is 48.6 Å². The van der Waals surface area contributed by atoms with Crippen LogP contribution in [0.5, 0.6) is 0 Å². The Morgan fingerprint density at radius 2 is 1.47 bits per heavy atom. The Morgan fingerprint density at radius 1 is 0.933 bits per heavy atom. The van der Waals surface area contributed by atoms with E-state index in [2.05, 4.69) is 0 Å². The Hall–Kier alpha value is -2.71. The van der Waals surface area contributed by atoms with E-state index in [-0.39, 0.29) is 16.8 Å². The molecular formula is C22H27N3O4S. The number of sulfonamides is 1. The van der Waals surface area contributed by atoms with Crippen LogP contribution >= 0.6 is 0 Å². The summed E-state index contributed by atoms with van der Waals surface area (Å²) in [4.78, 5) is 26.3. The maximum atomic E-state index is 13.1. The number of carbonyl (C=O) groups is 2. The van der Waals surface area contributed by atoms with E-state index in [9.17, 15) is 18.0 Å². The molecule has 1 aliphatic carbocycles. The lowest BCUT2D eigenvalue weighted by Gasteiger charge is -2.23. The van der Waals surface area contributed by atoms with Crippen molar-refractivity contribution in [2.45, 2.75) is 44.2 Å². The van der Waals surface area contributed by atoms with Gasteiger partial charge >= 0.3 is 0 Å². The van der Waals surface area contributed by atoms with Crippen LogP contribution in [0.4, 0.5) is 0 Å². The first-order valence-electron chi connectivity index (χ1n) is 10.1. The molecule has 8 heteroatoms. The molecule has 7 nitrogen and oxygen atoms in total. The van der Waals surface area contributed by atoms with Crippen molar-refractivity contribution in [1.82, 2.24) is 9.21 Å². The molecule has 0 aromatic heterocycles. The lowest BCUT2D eigenvalue weighted by molar-refractivity contribution is 0.0729. The van der Waals surface area contributed by atoms with Crippen molar-refractivity contribution < 1.29 is 18.0 Å². The first kappa shape index (κ1) is 22.0. The SMILES string of the molecule is CCN(CC)S(=O)(=O)c1ccc(C(=O)N(Cc2ccc(C(N)=O)cc2)C2CC2)cc1. The van der Waals surface area contributed by atoms with Crippen LogP contribution in [-0.2, 0) is 16.6 Å². The average Bonchev–Trinajstić information content (AvgIpc) is 3.58. The normalized spacial score (nSPS) is 14.0. The molecule has 2 N–H and O–H groups in total. The van der Waals surface area contributed by atoms with Gasteiger partial charge in [-0.1, -0.05) is 26.0 Å². The Labute approximate surface area is 177 Å². The van der Waals surface area contributed by atoms with Gasteiger partial charge in [-0.15, -0.1) is 0 Å². The minimum absolute atomic E-state index is 0.136. The molecule has 0 heterocycles. The van der Waals surface area contributed by atoms with E-state index in [4.69, 9.17) is 5.73 Å². The Kier molecular flexibility index (Phi) is 6.58. The molecule has 2 aromatic carbocycles. The fraction of sp³-hybridized carbons (Fsp3) is 0.364. The number of hydrogen-bond acceptors (Lipinski definition) is 4. The highest BCUT2D eigenvalue weighted by atomic mass is 32.2. The van der Waals surface area contributed by atoms with Crippen molar-refractivity contribution in [3.8, 4) is 0 Å². The Bertz CT molecular complexity index is 1010. The van der Waals surface area contributed by atoms with Crippen LogP contribution < -0.4 is 5.73 Å². The van der Waals surface area contributed by atoms with E-state index in [1.165, 1.54) is 16.4 Å². The van der Waals surface area contributed by atoms with Gasteiger partial charge in [0.05, 0.1) is 4.90 Å². The highest BCUT2D eigenvalue weighted by Crippen LogP contribution is 2.30. The number of rotatable bonds is 9. The summed E-state index contributed by atoms with van der Waals surface area (Å²) < 4.78 is 26.7. The van der Waals surface area contributed by atoms with Crippen molar-refractivity contribution in [1.29, 1.82) is 0 Å². The molecule has 1 saturated carbocycles. The number of benzene rings is 2. The maximum absolute atomic E-state index is 13.1. The summed E-state index contributed by atoms with van der Waals surface area (Å²) in [6, 6.07) is 13.2. The summed E-state index contributed by atoms with van der Waals surface area (Å²) in [5.41, 5.74) is 7.06. The molecule has 2 aromatic rings. The molecule has 3 rings (SSSR count). The lowest BCUT2D eigenvalue weighted by atomic mass is 10.1. The van der Waals surface area contributed by atoms with Gasteiger partial charge in [0.1, 0.15) is 0 Å². The molecule has 0 radical (unpaired) electrons. The maximum Gasteiger partial charge on any atom is 0.254 e. The minimum Gasteiger partial charge on any atom is -0.366 e. The standard InChI is InChI=1S/C22H27N3O4S/c1-3-24(4-2)30(28,29)20-13-9-18(10-14-20)22(27)25(19-11-12-19)15-16-5-7-17(8-6-16)21(23)26/h5-10,13-14,19H,3-4,11-12,15H2,1-2H3,(H2,23,26). The third-order valence-electron chi connectivity index (χ3n) is 5.28. The fourth-order valence-electron chi connectivity index (χ4n) is 3.37. The van der Waals surface area contributed by atoms with E-state index in [0.29, 0.717) is 30.8 Å². The molecule has 2 amide bonds. The summed E-state index contributed by atoms with van der Waals surface area (Å²) >= 11 is 0. The second-order valence-corrected chi connectivity index (χ2v) is 9.28. The van der Waals surface area contributed by atoms with Gasteiger partial charge in [0.25, 0.3) is 5.91 Å². The molecule has 1 aliphatic rings. The third kappa shape index (κ3) is 4.71. The first-order valence-corrected chi connectivity index (χ1v) is 11.5. The van der Waals surface area contributed by atoms with Gasteiger partial charge in [-0.25, -0.2) is 8.42 Å². The molecule has 0 aliphatic heterocycles.